The molecule has 0 amide bonds. The molecule has 14 heavy (non-hydrogen) atoms. The minimum absolute atomic E-state index is 1.11. The van der Waals surface area contributed by atoms with Gasteiger partial charge in [-0.05, 0) is 22.8 Å². The van der Waals surface area contributed by atoms with E-state index in [4.69, 9.17) is 10.5 Å². The van der Waals surface area contributed by atoms with Crippen molar-refractivity contribution in [2.45, 2.75) is 13.3 Å². The Morgan fingerprint density at radius 3 is 2.29 bits per heavy atom. The van der Waals surface area contributed by atoms with E-state index in [1.165, 1.54) is 16.3 Å². The summed E-state index contributed by atoms with van der Waals surface area (Å²) in [4.78, 5) is 0. The lowest BCUT2D eigenvalue weighted by molar-refractivity contribution is -0.176. The monoisotopic (exact) mass is 190 g/mol. The van der Waals surface area contributed by atoms with Gasteiger partial charge in [-0.15, -0.1) is 0 Å². The molecule has 2 heteroatoms. The third kappa shape index (κ3) is 2.10. The topological polar surface area (TPSA) is 40.5 Å². The van der Waals surface area contributed by atoms with Crippen LogP contribution in [0.15, 0.2) is 42.5 Å². The van der Waals surface area contributed by atoms with Gasteiger partial charge >= 0.3 is 0 Å². The van der Waals surface area contributed by atoms with Crippen molar-refractivity contribution in [3.63, 3.8) is 0 Å². The highest BCUT2D eigenvalue weighted by Gasteiger charge is 1.95. The molecule has 2 aromatic rings. The first-order valence-electron chi connectivity index (χ1n) is 4.58. The van der Waals surface area contributed by atoms with Gasteiger partial charge in [0.05, 0.1) is 0 Å². The second-order valence-electron chi connectivity index (χ2n) is 2.99. The molecule has 2 nitrogen and oxygen atoms in total. The van der Waals surface area contributed by atoms with Crippen molar-refractivity contribution in [2.75, 3.05) is 0 Å². The van der Waals surface area contributed by atoms with E-state index in [9.17, 15) is 0 Å². The molecule has 0 aliphatic carbocycles. The van der Waals surface area contributed by atoms with Gasteiger partial charge in [0, 0.05) is 0 Å². The third-order valence-electron chi connectivity index (χ3n) is 2.26. The number of hydrogen-bond donors (Lipinski definition) is 2. The Labute approximate surface area is 83.4 Å². The number of hydrogen-bond acceptors (Lipinski definition) is 2. The molecule has 0 fully saturated rings. The molecule has 0 spiro atoms. The number of benzene rings is 2. The van der Waals surface area contributed by atoms with Gasteiger partial charge in [-0.25, -0.2) is 0 Å². The van der Waals surface area contributed by atoms with Crippen LogP contribution < -0.4 is 0 Å². The maximum atomic E-state index is 6.00. The van der Waals surface area contributed by atoms with Gasteiger partial charge in [0.2, 0.25) is 0 Å². The van der Waals surface area contributed by atoms with Crippen molar-refractivity contribution in [3.05, 3.63) is 48.0 Å². The van der Waals surface area contributed by atoms with E-state index in [-0.39, 0.29) is 0 Å². The highest BCUT2D eigenvalue weighted by atomic mass is 17.0. The normalized spacial score (nSPS) is 9.36. The van der Waals surface area contributed by atoms with Gasteiger partial charge in [-0.3, -0.25) is 10.5 Å². The van der Waals surface area contributed by atoms with Crippen molar-refractivity contribution < 1.29 is 10.5 Å². The molecule has 2 aromatic carbocycles. The molecule has 0 saturated carbocycles. The molecular weight excluding hydrogens is 176 g/mol. The van der Waals surface area contributed by atoms with Crippen molar-refractivity contribution in [1.82, 2.24) is 0 Å². The molecule has 0 aliphatic rings. The molecule has 2 rings (SSSR count). The zero-order chi connectivity index (χ0) is 10.4. The van der Waals surface area contributed by atoms with E-state index >= 15 is 0 Å². The van der Waals surface area contributed by atoms with E-state index in [1.54, 1.807) is 0 Å². The van der Waals surface area contributed by atoms with Crippen molar-refractivity contribution >= 4 is 10.8 Å². The highest BCUT2D eigenvalue weighted by molar-refractivity contribution is 5.85. The Balaban J connectivity index is 0.000000461. The van der Waals surface area contributed by atoms with Gasteiger partial charge in [0.25, 0.3) is 0 Å². The fourth-order valence-electron chi connectivity index (χ4n) is 1.60. The van der Waals surface area contributed by atoms with Crippen LogP contribution in [0.1, 0.15) is 12.5 Å². The summed E-state index contributed by atoms with van der Waals surface area (Å²) < 4.78 is 0. The highest BCUT2D eigenvalue weighted by Crippen LogP contribution is 2.18. The Bertz CT molecular complexity index is 391. The van der Waals surface area contributed by atoms with Crippen molar-refractivity contribution in [3.8, 4) is 0 Å². The fraction of sp³-hybridized carbons (Fsp3) is 0.167. The second kappa shape index (κ2) is 5.37. The summed E-state index contributed by atoms with van der Waals surface area (Å²) in [5.41, 5.74) is 1.44. The van der Waals surface area contributed by atoms with Crippen LogP contribution in [0.5, 0.6) is 0 Å². The zero-order valence-corrected chi connectivity index (χ0v) is 8.14. The van der Waals surface area contributed by atoms with Gasteiger partial charge in [0.15, 0.2) is 0 Å². The molecule has 0 radical (unpaired) electrons. The summed E-state index contributed by atoms with van der Waals surface area (Å²) in [7, 11) is 0. The molecule has 0 unspecified atom stereocenters. The average molecular weight is 190 g/mol. The van der Waals surface area contributed by atoms with E-state index in [1.807, 2.05) is 0 Å². The Hall–Kier alpha value is -1.38. The molecule has 0 heterocycles. The predicted molar refractivity (Wildman–Crippen MR) is 58.6 cm³/mol. The van der Waals surface area contributed by atoms with Crippen LogP contribution in [0, 0.1) is 0 Å². The summed E-state index contributed by atoms with van der Waals surface area (Å²) >= 11 is 0. The predicted octanol–water partition coefficient (Wildman–Crippen LogP) is 3.42. The minimum atomic E-state index is 1.11. The lowest BCUT2D eigenvalue weighted by atomic mass is 10.0. The number of aryl methyl sites for hydroxylation is 1. The largest absolute Gasteiger partial charge is 0.255 e. The quantitative estimate of drug-likeness (QED) is 0.534. The molecule has 0 bridgehead atoms. The molecular formula is C12H14O2. The first-order chi connectivity index (χ1) is 6.92. The van der Waals surface area contributed by atoms with Crippen LogP contribution in [0.3, 0.4) is 0 Å². The SMILES string of the molecule is CCc1cccc2ccccc12.OO. The van der Waals surface area contributed by atoms with Crippen LogP contribution in [-0.4, -0.2) is 10.5 Å². The summed E-state index contributed by atoms with van der Waals surface area (Å²) in [6.45, 7) is 2.20. The van der Waals surface area contributed by atoms with Gasteiger partial charge in [-0.2, -0.15) is 0 Å². The van der Waals surface area contributed by atoms with Gasteiger partial charge < -0.3 is 0 Å². The maximum absolute atomic E-state index is 6.00. The van der Waals surface area contributed by atoms with E-state index < -0.39 is 0 Å². The Morgan fingerprint density at radius 1 is 0.929 bits per heavy atom. The minimum Gasteiger partial charge on any atom is -0.255 e. The van der Waals surface area contributed by atoms with Gasteiger partial charge in [-0.1, -0.05) is 49.4 Å². The summed E-state index contributed by atoms with van der Waals surface area (Å²) in [5.74, 6) is 0. The van der Waals surface area contributed by atoms with Crippen molar-refractivity contribution in [1.29, 1.82) is 0 Å². The Kier molecular flexibility index (Phi) is 4.11. The zero-order valence-electron chi connectivity index (χ0n) is 8.14. The maximum Gasteiger partial charge on any atom is -0.0152 e. The van der Waals surface area contributed by atoms with Crippen molar-refractivity contribution in [2.24, 2.45) is 0 Å². The third-order valence-corrected chi connectivity index (χ3v) is 2.26. The number of fused-ring (bicyclic) bond motifs is 1. The summed E-state index contributed by atoms with van der Waals surface area (Å²) in [6.07, 6.45) is 1.11. The fourth-order valence-corrected chi connectivity index (χ4v) is 1.60. The molecule has 74 valence electrons. The standard InChI is InChI=1S/C12H12.H2O2/c1-2-10-7-5-8-11-6-3-4-9-12(10)11;1-2/h3-9H,2H2,1H3;1-2H. The van der Waals surface area contributed by atoms with E-state index in [0.29, 0.717) is 0 Å². The van der Waals surface area contributed by atoms with Crippen LogP contribution in [0.25, 0.3) is 10.8 Å². The summed E-state index contributed by atoms with van der Waals surface area (Å²) in [6, 6.07) is 15.0. The van der Waals surface area contributed by atoms with E-state index in [0.717, 1.165) is 6.42 Å². The summed E-state index contributed by atoms with van der Waals surface area (Å²) in [5, 5.41) is 14.7. The van der Waals surface area contributed by atoms with Gasteiger partial charge in [0.1, 0.15) is 0 Å². The smallest absolute Gasteiger partial charge is 0.0152 e. The van der Waals surface area contributed by atoms with Crippen LogP contribution in [0.2, 0.25) is 0 Å². The first-order valence-corrected chi connectivity index (χ1v) is 4.58. The molecule has 0 saturated heterocycles. The van der Waals surface area contributed by atoms with Crippen LogP contribution in [-0.2, 0) is 6.42 Å². The number of rotatable bonds is 1. The Morgan fingerprint density at radius 2 is 1.57 bits per heavy atom. The average Bonchev–Trinajstić information content (AvgIpc) is 2.31. The molecule has 2 N–H and O–H groups in total. The second-order valence-corrected chi connectivity index (χ2v) is 2.99. The lowest BCUT2D eigenvalue weighted by Gasteiger charge is -2.02. The van der Waals surface area contributed by atoms with E-state index in [2.05, 4.69) is 49.4 Å². The van der Waals surface area contributed by atoms with Crippen LogP contribution in [0.4, 0.5) is 0 Å². The molecule has 0 atom stereocenters. The lowest BCUT2D eigenvalue weighted by Crippen LogP contribution is -1.81. The van der Waals surface area contributed by atoms with Crippen LogP contribution >= 0.6 is 0 Å². The first kappa shape index (κ1) is 10.7. The molecule has 0 aromatic heterocycles. The molecule has 0 aliphatic heterocycles.